The molecule has 0 aromatic heterocycles. The number of rotatable bonds is 8. The Morgan fingerprint density at radius 1 is 1.06 bits per heavy atom. The summed E-state index contributed by atoms with van der Waals surface area (Å²) in [5.41, 5.74) is 0. The lowest BCUT2D eigenvalue weighted by Gasteiger charge is -2.33. The number of hydrogen-bond acceptors (Lipinski definition) is 6. The first-order chi connectivity index (χ1) is 16.5. The maximum Gasteiger partial charge on any atom is 0.264 e. The molecule has 1 N–H and O–H groups in total. The maximum absolute atomic E-state index is 13.7. The molecule has 0 spiro atoms. The Balaban J connectivity index is 1.50. The average molecular weight is 506 g/mol. The molecule has 2 atom stereocenters. The first-order valence-corrected chi connectivity index (χ1v) is 12.7. The Kier molecular flexibility index (Phi) is 8.71. The van der Waals surface area contributed by atoms with E-state index < -0.39 is 22.9 Å². The Hall–Kier alpha value is -2.27. The van der Waals surface area contributed by atoms with Gasteiger partial charge in [0.2, 0.25) is 0 Å². The van der Waals surface area contributed by atoms with E-state index in [1.165, 1.54) is 0 Å². The van der Waals surface area contributed by atoms with Gasteiger partial charge in [-0.25, -0.2) is 13.6 Å². The smallest absolute Gasteiger partial charge is 0.264 e. The molecule has 10 heteroatoms. The van der Waals surface area contributed by atoms with Crippen LogP contribution < -0.4 is 4.74 Å². The second-order valence-corrected chi connectivity index (χ2v) is 9.89. The summed E-state index contributed by atoms with van der Waals surface area (Å²) < 4.78 is 26.6. The van der Waals surface area contributed by atoms with Crippen LogP contribution in [0.25, 0.3) is 0 Å². The fraction of sp³-hybridized carbons (Fsp3) is 0.375. The zero-order chi connectivity index (χ0) is 23.9. The first-order valence-electron chi connectivity index (χ1n) is 11.2. The van der Waals surface area contributed by atoms with E-state index in [4.69, 9.17) is 21.1 Å². The molecule has 1 fully saturated rings. The largest absolute Gasteiger partial charge is 0.457 e. The number of ether oxygens (including phenoxy) is 2. The standard InChI is InChI=1S/C24H28ClN3O5S/c25-19-4-6-20(7-5-19)33-21-8-10-22(11-9-21)34(31)28(14-13-26-15-17-32-18-16-26)23-3-1-2-12-27(30)24(23)29/h1-2,4-11,23,30H,3,12-18H2/t23-,34?/m1/s1. The predicted octanol–water partition coefficient (Wildman–Crippen LogP) is 3.34. The average Bonchev–Trinajstić information content (AvgIpc) is 3.02. The number of morpholine rings is 1. The van der Waals surface area contributed by atoms with E-state index >= 15 is 0 Å². The molecule has 1 unspecified atom stereocenters. The molecule has 1 amide bonds. The molecule has 2 aromatic carbocycles. The van der Waals surface area contributed by atoms with Gasteiger partial charge in [-0.05, 0) is 55.0 Å². The van der Waals surface area contributed by atoms with Gasteiger partial charge in [0.15, 0.2) is 0 Å². The van der Waals surface area contributed by atoms with Gasteiger partial charge in [-0.3, -0.25) is 14.9 Å². The Labute approximate surface area is 206 Å². The molecule has 4 rings (SSSR count). The van der Waals surface area contributed by atoms with E-state index in [-0.39, 0.29) is 6.54 Å². The molecule has 2 aromatic rings. The minimum atomic E-state index is -1.61. The third-order valence-corrected chi connectivity index (χ3v) is 7.51. The van der Waals surface area contributed by atoms with Crippen LogP contribution in [0, 0.1) is 0 Å². The van der Waals surface area contributed by atoms with Crippen LogP contribution in [0.15, 0.2) is 65.6 Å². The zero-order valence-corrected chi connectivity index (χ0v) is 20.3. The van der Waals surface area contributed by atoms with Gasteiger partial charge in [0.05, 0.1) is 24.7 Å². The lowest BCUT2D eigenvalue weighted by Crippen LogP contribution is -2.50. The van der Waals surface area contributed by atoms with Crippen molar-refractivity contribution < 1.29 is 23.7 Å². The third kappa shape index (κ3) is 6.44. The second-order valence-electron chi connectivity index (χ2n) is 8.01. The molecule has 2 heterocycles. The number of halogens is 1. The van der Waals surface area contributed by atoms with Crippen molar-refractivity contribution in [3.05, 3.63) is 65.7 Å². The Morgan fingerprint density at radius 2 is 1.71 bits per heavy atom. The van der Waals surface area contributed by atoms with E-state index in [0.29, 0.717) is 59.2 Å². The van der Waals surface area contributed by atoms with Crippen molar-refractivity contribution in [2.24, 2.45) is 0 Å². The van der Waals surface area contributed by atoms with Gasteiger partial charge >= 0.3 is 0 Å². The number of amides is 1. The minimum absolute atomic E-state index is 0.121. The summed E-state index contributed by atoms with van der Waals surface area (Å²) >= 11 is 5.92. The van der Waals surface area contributed by atoms with Crippen LogP contribution in [-0.4, -0.2) is 81.6 Å². The fourth-order valence-corrected chi connectivity index (χ4v) is 5.24. The molecule has 0 saturated carbocycles. The highest BCUT2D eigenvalue weighted by molar-refractivity contribution is 7.82. The van der Waals surface area contributed by atoms with Crippen LogP contribution in [0.2, 0.25) is 5.02 Å². The van der Waals surface area contributed by atoms with Gasteiger partial charge in [-0.1, -0.05) is 23.8 Å². The maximum atomic E-state index is 13.7. The van der Waals surface area contributed by atoms with E-state index in [0.717, 1.165) is 13.1 Å². The highest BCUT2D eigenvalue weighted by Crippen LogP contribution is 2.26. The Morgan fingerprint density at radius 3 is 2.38 bits per heavy atom. The first kappa shape index (κ1) is 24.8. The molecular formula is C24H28ClN3O5S. The summed E-state index contributed by atoms with van der Waals surface area (Å²) in [4.78, 5) is 15.6. The fourth-order valence-electron chi connectivity index (χ4n) is 3.82. The van der Waals surface area contributed by atoms with E-state index in [2.05, 4.69) is 4.90 Å². The minimum Gasteiger partial charge on any atom is -0.457 e. The summed E-state index contributed by atoms with van der Waals surface area (Å²) in [6, 6.07) is 13.3. The van der Waals surface area contributed by atoms with E-state index in [1.54, 1.807) is 58.9 Å². The molecule has 2 aliphatic heterocycles. The van der Waals surface area contributed by atoms with Gasteiger partial charge in [-0.15, -0.1) is 0 Å². The highest BCUT2D eigenvalue weighted by atomic mass is 35.5. The predicted molar refractivity (Wildman–Crippen MR) is 129 cm³/mol. The molecule has 1 saturated heterocycles. The van der Waals surface area contributed by atoms with Crippen molar-refractivity contribution in [2.75, 3.05) is 45.9 Å². The van der Waals surface area contributed by atoms with Gasteiger partial charge < -0.3 is 9.47 Å². The van der Waals surface area contributed by atoms with Crippen molar-refractivity contribution in [3.8, 4) is 11.5 Å². The second kappa shape index (κ2) is 11.9. The summed E-state index contributed by atoms with van der Waals surface area (Å²) in [5.74, 6) is 0.783. The number of carbonyl (C=O) groups is 1. The SMILES string of the molecule is O=C1[C@H](N(CCN2CCOCC2)S(=O)c2ccc(Oc3ccc(Cl)cc3)cc2)CC=CCN1O. The van der Waals surface area contributed by atoms with Crippen molar-refractivity contribution in [1.29, 1.82) is 0 Å². The molecule has 182 valence electrons. The van der Waals surface area contributed by atoms with E-state index in [9.17, 15) is 14.2 Å². The summed E-state index contributed by atoms with van der Waals surface area (Å²) in [6.07, 6.45) is 3.97. The monoisotopic (exact) mass is 505 g/mol. The Bertz CT molecular complexity index is 1010. The number of benzene rings is 2. The molecule has 2 aliphatic rings. The molecular weight excluding hydrogens is 478 g/mol. The third-order valence-electron chi connectivity index (χ3n) is 5.72. The van der Waals surface area contributed by atoms with Crippen LogP contribution in [0.3, 0.4) is 0 Å². The number of hydroxylamine groups is 2. The van der Waals surface area contributed by atoms with Crippen molar-refractivity contribution >= 4 is 28.5 Å². The number of nitrogens with zero attached hydrogens (tertiary/aromatic N) is 3. The van der Waals surface area contributed by atoms with Crippen molar-refractivity contribution in [2.45, 2.75) is 17.4 Å². The van der Waals surface area contributed by atoms with Crippen LogP contribution in [0.4, 0.5) is 0 Å². The molecule has 0 bridgehead atoms. The highest BCUT2D eigenvalue weighted by Gasteiger charge is 2.34. The van der Waals surface area contributed by atoms with Crippen LogP contribution in [-0.2, 0) is 20.5 Å². The molecule has 34 heavy (non-hydrogen) atoms. The number of hydrogen-bond donors (Lipinski definition) is 1. The van der Waals surface area contributed by atoms with Crippen LogP contribution >= 0.6 is 11.6 Å². The molecule has 8 nitrogen and oxygen atoms in total. The number of carbonyl (C=O) groups excluding carboxylic acids is 1. The van der Waals surface area contributed by atoms with Crippen LogP contribution in [0.5, 0.6) is 11.5 Å². The summed E-state index contributed by atoms with van der Waals surface area (Å²) in [6.45, 7) is 4.08. The van der Waals surface area contributed by atoms with E-state index in [1.807, 2.05) is 6.08 Å². The zero-order valence-electron chi connectivity index (χ0n) is 18.7. The topological polar surface area (TPSA) is 82.5 Å². The summed E-state index contributed by atoms with van der Waals surface area (Å²) in [7, 11) is -1.61. The molecule has 0 radical (unpaired) electrons. The summed E-state index contributed by atoms with van der Waals surface area (Å²) in [5, 5.41) is 11.4. The normalized spacial score (nSPS) is 20.4. The van der Waals surface area contributed by atoms with Crippen molar-refractivity contribution in [1.82, 2.24) is 14.3 Å². The van der Waals surface area contributed by atoms with Crippen LogP contribution in [0.1, 0.15) is 6.42 Å². The van der Waals surface area contributed by atoms with Gasteiger partial charge in [0.1, 0.15) is 28.5 Å². The van der Waals surface area contributed by atoms with Gasteiger partial charge in [0, 0.05) is 31.2 Å². The molecule has 0 aliphatic carbocycles. The lowest BCUT2D eigenvalue weighted by molar-refractivity contribution is -0.166. The quantitative estimate of drug-likeness (QED) is 0.438. The van der Waals surface area contributed by atoms with Gasteiger partial charge in [-0.2, -0.15) is 0 Å². The lowest BCUT2D eigenvalue weighted by atomic mass is 10.2. The van der Waals surface area contributed by atoms with Crippen molar-refractivity contribution in [3.63, 3.8) is 0 Å². The van der Waals surface area contributed by atoms with Gasteiger partial charge in [0.25, 0.3) is 5.91 Å².